The lowest BCUT2D eigenvalue weighted by molar-refractivity contribution is -0.142. The van der Waals surface area contributed by atoms with Crippen molar-refractivity contribution in [1.29, 1.82) is 0 Å². The van der Waals surface area contributed by atoms with E-state index in [0.29, 0.717) is 16.9 Å². The van der Waals surface area contributed by atoms with Crippen LogP contribution in [0.15, 0.2) is 41.0 Å². The molecule has 1 saturated carbocycles. The highest BCUT2D eigenvalue weighted by Crippen LogP contribution is 2.42. The van der Waals surface area contributed by atoms with Gasteiger partial charge in [-0.1, -0.05) is 18.2 Å². The van der Waals surface area contributed by atoms with Crippen LogP contribution in [-0.4, -0.2) is 30.1 Å². The van der Waals surface area contributed by atoms with E-state index in [4.69, 9.17) is 9.15 Å². The first kappa shape index (κ1) is 16.1. The van der Waals surface area contributed by atoms with Gasteiger partial charge in [0.25, 0.3) is 5.91 Å². The number of rotatable bonds is 6. The van der Waals surface area contributed by atoms with Gasteiger partial charge in [-0.25, -0.2) is 4.79 Å². The number of hydrogen-bond donors (Lipinski definition) is 2. The van der Waals surface area contributed by atoms with Gasteiger partial charge in [-0.15, -0.1) is 0 Å². The molecule has 0 radical (unpaired) electrons. The molecule has 3 rings (SSSR count). The second-order valence-electron chi connectivity index (χ2n) is 5.85. The molecule has 0 bridgehead atoms. The van der Waals surface area contributed by atoms with Crippen LogP contribution in [0.25, 0.3) is 0 Å². The standard InChI is InChI=1S/C18H19NO5/c1-23-18(22)14(10-12-4-2-3-5-15(12)20)19-17(21)13-8-9-24-16(13)11-6-7-11/h2-5,8-9,11,14,20H,6-7,10H2,1H3,(H,19,21). The Morgan fingerprint density at radius 3 is 2.75 bits per heavy atom. The average molecular weight is 329 g/mol. The topological polar surface area (TPSA) is 88.8 Å². The molecule has 1 aromatic heterocycles. The summed E-state index contributed by atoms with van der Waals surface area (Å²) in [7, 11) is 1.26. The van der Waals surface area contributed by atoms with Crippen LogP contribution < -0.4 is 5.32 Å². The minimum absolute atomic E-state index is 0.0719. The Bertz CT molecular complexity index is 747. The Labute approximate surface area is 139 Å². The first-order chi connectivity index (χ1) is 11.6. The molecule has 1 unspecified atom stereocenters. The molecule has 1 amide bonds. The fourth-order valence-corrected chi connectivity index (χ4v) is 2.65. The molecule has 126 valence electrons. The van der Waals surface area contributed by atoms with Gasteiger partial charge in [-0.3, -0.25) is 4.79 Å². The van der Waals surface area contributed by atoms with Crippen LogP contribution in [0.5, 0.6) is 5.75 Å². The Balaban J connectivity index is 1.76. The van der Waals surface area contributed by atoms with Gasteiger partial charge in [0.05, 0.1) is 18.9 Å². The number of phenols is 1. The number of hydrogen-bond acceptors (Lipinski definition) is 5. The summed E-state index contributed by atoms with van der Waals surface area (Å²) in [4.78, 5) is 24.5. The highest BCUT2D eigenvalue weighted by atomic mass is 16.5. The van der Waals surface area contributed by atoms with Crippen LogP contribution in [-0.2, 0) is 16.0 Å². The molecule has 6 heteroatoms. The maximum atomic E-state index is 12.5. The Morgan fingerprint density at radius 2 is 2.08 bits per heavy atom. The van der Waals surface area contributed by atoms with E-state index < -0.39 is 12.0 Å². The summed E-state index contributed by atoms with van der Waals surface area (Å²) < 4.78 is 10.2. The Kier molecular flexibility index (Phi) is 4.55. The average Bonchev–Trinajstić information content (AvgIpc) is 3.31. The number of phenolic OH excluding ortho intramolecular Hbond substituents is 1. The summed E-state index contributed by atoms with van der Waals surface area (Å²) in [5, 5.41) is 12.6. The largest absolute Gasteiger partial charge is 0.508 e. The third-order valence-electron chi connectivity index (χ3n) is 4.09. The number of aromatic hydroxyl groups is 1. The van der Waals surface area contributed by atoms with Crippen molar-refractivity contribution >= 4 is 11.9 Å². The highest BCUT2D eigenvalue weighted by Gasteiger charge is 2.32. The van der Waals surface area contributed by atoms with Crippen molar-refractivity contribution in [2.75, 3.05) is 7.11 Å². The fourth-order valence-electron chi connectivity index (χ4n) is 2.65. The molecule has 1 aliphatic carbocycles. The number of nitrogens with one attached hydrogen (secondary N) is 1. The van der Waals surface area contributed by atoms with Crippen molar-refractivity contribution in [3.63, 3.8) is 0 Å². The van der Waals surface area contributed by atoms with E-state index in [1.165, 1.54) is 19.4 Å². The Morgan fingerprint density at radius 1 is 1.33 bits per heavy atom. The number of amides is 1. The first-order valence-electron chi connectivity index (χ1n) is 7.83. The van der Waals surface area contributed by atoms with Gasteiger partial charge in [-0.2, -0.15) is 0 Å². The van der Waals surface area contributed by atoms with Crippen molar-refractivity contribution in [1.82, 2.24) is 5.32 Å². The third kappa shape index (κ3) is 3.42. The number of para-hydroxylation sites is 1. The summed E-state index contributed by atoms with van der Waals surface area (Å²) in [6.07, 6.45) is 3.64. The Hall–Kier alpha value is -2.76. The van der Waals surface area contributed by atoms with Crippen LogP contribution >= 0.6 is 0 Å². The van der Waals surface area contributed by atoms with Crippen LogP contribution in [0.3, 0.4) is 0 Å². The molecule has 1 fully saturated rings. The third-order valence-corrected chi connectivity index (χ3v) is 4.09. The number of carbonyl (C=O) groups excluding carboxylic acids is 2. The van der Waals surface area contributed by atoms with E-state index in [0.717, 1.165) is 12.8 Å². The van der Waals surface area contributed by atoms with Crippen LogP contribution in [0.1, 0.15) is 40.4 Å². The summed E-state index contributed by atoms with van der Waals surface area (Å²) >= 11 is 0. The first-order valence-corrected chi connectivity index (χ1v) is 7.83. The van der Waals surface area contributed by atoms with E-state index in [-0.39, 0.29) is 24.0 Å². The highest BCUT2D eigenvalue weighted by molar-refractivity contribution is 5.97. The number of benzene rings is 1. The van der Waals surface area contributed by atoms with Gasteiger partial charge >= 0.3 is 5.97 Å². The molecule has 2 aromatic rings. The van der Waals surface area contributed by atoms with Crippen LogP contribution in [0, 0.1) is 0 Å². The molecule has 0 aliphatic heterocycles. The summed E-state index contributed by atoms with van der Waals surface area (Å²) in [5.41, 5.74) is 1.01. The SMILES string of the molecule is COC(=O)C(Cc1ccccc1O)NC(=O)c1ccoc1C1CC1. The van der Waals surface area contributed by atoms with E-state index in [2.05, 4.69) is 5.32 Å². The number of ether oxygens (including phenoxy) is 1. The minimum Gasteiger partial charge on any atom is -0.508 e. The van der Waals surface area contributed by atoms with Gasteiger partial charge in [0.2, 0.25) is 0 Å². The summed E-state index contributed by atoms with van der Waals surface area (Å²) in [5.74, 6) is 0.0799. The molecule has 0 saturated heterocycles. The molecule has 2 N–H and O–H groups in total. The van der Waals surface area contributed by atoms with Crippen molar-refractivity contribution in [3.05, 3.63) is 53.5 Å². The fraction of sp³-hybridized carbons (Fsp3) is 0.333. The van der Waals surface area contributed by atoms with Gasteiger partial charge in [0, 0.05) is 12.3 Å². The lowest BCUT2D eigenvalue weighted by atomic mass is 10.0. The van der Waals surface area contributed by atoms with Crippen LogP contribution in [0.2, 0.25) is 0 Å². The summed E-state index contributed by atoms with van der Waals surface area (Å²) in [6, 6.07) is 7.40. The second-order valence-corrected chi connectivity index (χ2v) is 5.85. The second kappa shape index (κ2) is 6.78. The molecule has 6 nitrogen and oxygen atoms in total. The maximum absolute atomic E-state index is 12.5. The normalized spacial score (nSPS) is 14.9. The minimum atomic E-state index is -0.891. The van der Waals surface area contributed by atoms with Crippen molar-refractivity contribution in [3.8, 4) is 5.75 Å². The quantitative estimate of drug-likeness (QED) is 0.794. The molecule has 1 atom stereocenters. The van der Waals surface area contributed by atoms with E-state index in [1.807, 2.05) is 0 Å². The lowest BCUT2D eigenvalue weighted by Gasteiger charge is -2.17. The molecular weight excluding hydrogens is 310 g/mol. The van der Waals surface area contributed by atoms with Gasteiger partial charge < -0.3 is 19.6 Å². The summed E-state index contributed by atoms with van der Waals surface area (Å²) in [6.45, 7) is 0. The maximum Gasteiger partial charge on any atom is 0.328 e. The zero-order chi connectivity index (χ0) is 17.1. The van der Waals surface area contributed by atoms with Crippen molar-refractivity contribution in [2.24, 2.45) is 0 Å². The zero-order valence-electron chi connectivity index (χ0n) is 13.3. The van der Waals surface area contributed by atoms with Gasteiger partial charge in [0.1, 0.15) is 17.6 Å². The molecule has 1 aliphatic rings. The predicted molar refractivity (Wildman–Crippen MR) is 85.8 cm³/mol. The van der Waals surface area contributed by atoms with Gasteiger partial charge in [0.15, 0.2) is 0 Å². The molecule has 0 spiro atoms. The number of methoxy groups -OCH3 is 1. The van der Waals surface area contributed by atoms with E-state index >= 15 is 0 Å². The number of carbonyl (C=O) groups is 2. The lowest BCUT2D eigenvalue weighted by Crippen LogP contribution is -2.43. The molecule has 1 heterocycles. The predicted octanol–water partition coefficient (Wildman–Crippen LogP) is 2.38. The van der Waals surface area contributed by atoms with Crippen LogP contribution in [0.4, 0.5) is 0 Å². The van der Waals surface area contributed by atoms with Gasteiger partial charge in [-0.05, 0) is 30.5 Å². The van der Waals surface area contributed by atoms with E-state index in [9.17, 15) is 14.7 Å². The smallest absolute Gasteiger partial charge is 0.328 e. The number of furan rings is 1. The monoisotopic (exact) mass is 329 g/mol. The zero-order valence-corrected chi connectivity index (χ0v) is 13.3. The van der Waals surface area contributed by atoms with Crippen molar-refractivity contribution in [2.45, 2.75) is 31.2 Å². The molecule has 1 aromatic carbocycles. The van der Waals surface area contributed by atoms with Crippen molar-refractivity contribution < 1.29 is 23.8 Å². The molecule has 24 heavy (non-hydrogen) atoms. The van der Waals surface area contributed by atoms with E-state index in [1.54, 1.807) is 24.3 Å². The number of esters is 1. The molecular formula is C18H19NO5.